The number of hydrogen-bond donors (Lipinski definition) is 1. The van der Waals surface area contributed by atoms with Crippen LogP contribution in [0.25, 0.3) is 22.6 Å². The van der Waals surface area contributed by atoms with E-state index < -0.39 is 17.7 Å². The Balaban J connectivity index is 0.00000250. The van der Waals surface area contributed by atoms with Gasteiger partial charge in [-0.25, -0.2) is 14.8 Å². The lowest BCUT2D eigenvalue weighted by molar-refractivity contribution is -0.137. The number of benzene rings is 3. The number of hydrogen-bond acceptors (Lipinski definition) is 7. The van der Waals surface area contributed by atoms with Crippen LogP contribution in [-0.4, -0.2) is 29.1 Å². The number of ether oxygens (including phenoxy) is 2. The maximum absolute atomic E-state index is 13.1. The summed E-state index contributed by atoms with van der Waals surface area (Å²) < 4.78 is 56.2. The van der Waals surface area contributed by atoms with Crippen molar-refractivity contribution in [2.45, 2.75) is 51.4 Å². The number of halogens is 5. The molecule has 248 valence electrons. The molecule has 3 aromatic carbocycles. The van der Waals surface area contributed by atoms with Crippen LogP contribution in [0, 0.1) is 0 Å². The maximum atomic E-state index is 13.1. The second-order valence-corrected chi connectivity index (χ2v) is 10.9. The fourth-order valence-electron chi connectivity index (χ4n) is 5.55. The summed E-state index contributed by atoms with van der Waals surface area (Å²) in [6.45, 7) is 3.19. The van der Waals surface area contributed by atoms with Crippen LogP contribution in [0.5, 0.6) is 5.75 Å². The second-order valence-electron chi connectivity index (χ2n) is 10.9. The normalized spacial score (nSPS) is 14.1. The molecule has 6 rings (SSSR count). The van der Waals surface area contributed by atoms with Crippen LogP contribution < -0.4 is 10.1 Å². The summed E-state index contributed by atoms with van der Waals surface area (Å²) in [4.78, 5) is 20.9. The SMILES string of the molecule is CCOC(=O)c1ccc2c(n1)CCCC2NCCc1ccccc1OCc1ccc(-c2nc3cc(C(F)(F)F)ccc3o2)cc1.Cl.Cl. The van der Waals surface area contributed by atoms with Crippen molar-refractivity contribution in [1.29, 1.82) is 0 Å². The minimum Gasteiger partial charge on any atom is -0.489 e. The van der Waals surface area contributed by atoms with Gasteiger partial charge in [0.25, 0.3) is 0 Å². The van der Waals surface area contributed by atoms with Gasteiger partial charge in [0.1, 0.15) is 23.6 Å². The Bertz CT molecular complexity index is 1810. The van der Waals surface area contributed by atoms with Crippen LogP contribution in [0.1, 0.15) is 64.2 Å². The third-order valence-electron chi connectivity index (χ3n) is 7.84. The number of para-hydroxylation sites is 1. The largest absolute Gasteiger partial charge is 0.489 e. The number of aromatic nitrogens is 2. The Morgan fingerprint density at radius 2 is 1.79 bits per heavy atom. The van der Waals surface area contributed by atoms with Crippen molar-refractivity contribution in [3.63, 3.8) is 0 Å². The van der Waals surface area contributed by atoms with Gasteiger partial charge in [-0.2, -0.15) is 13.2 Å². The predicted molar refractivity (Wildman–Crippen MR) is 177 cm³/mol. The number of pyridine rings is 1. The molecule has 0 amide bonds. The van der Waals surface area contributed by atoms with Crippen molar-refractivity contribution < 1.29 is 31.9 Å². The Kier molecular flexibility index (Phi) is 11.9. The molecule has 1 N–H and O–H groups in total. The van der Waals surface area contributed by atoms with E-state index in [1.165, 1.54) is 6.07 Å². The smallest absolute Gasteiger partial charge is 0.416 e. The van der Waals surface area contributed by atoms with Gasteiger partial charge >= 0.3 is 12.1 Å². The summed E-state index contributed by atoms with van der Waals surface area (Å²) in [7, 11) is 0. The summed E-state index contributed by atoms with van der Waals surface area (Å²) >= 11 is 0. The molecule has 1 unspecified atom stereocenters. The second kappa shape index (κ2) is 15.6. The van der Waals surface area contributed by atoms with Crippen LogP contribution in [0.4, 0.5) is 13.2 Å². The summed E-state index contributed by atoms with van der Waals surface area (Å²) in [6, 6.07) is 22.5. The lowest BCUT2D eigenvalue weighted by Gasteiger charge is -2.26. The lowest BCUT2D eigenvalue weighted by atomic mass is 9.91. The third kappa shape index (κ3) is 8.43. The molecule has 7 nitrogen and oxygen atoms in total. The van der Waals surface area contributed by atoms with Gasteiger partial charge < -0.3 is 19.2 Å². The highest BCUT2D eigenvalue weighted by Gasteiger charge is 2.31. The van der Waals surface area contributed by atoms with E-state index in [1.807, 2.05) is 48.5 Å². The molecule has 0 spiro atoms. The molecule has 1 atom stereocenters. The number of oxazole rings is 1. The highest BCUT2D eigenvalue weighted by molar-refractivity contribution is 5.87. The van der Waals surface area contributed by atoms with E-state index in [2.05, 4.69) is 21.4 Å². The summed E-state index contributed by atoms with van der Waals surface area (Å²) in [5.41, 5.74) is 4.79. The molecule has 0 saturated carbocycles. The molecule has 5 aromatic rings. The molecule has 12 heteroatoms. The lowest BCUT2D eigenvalue weighted by Crippen LogP contribution is -2.28. The van der Waals surface area contributed by atoms with Crippen molar-refractivity contribution in [2.75, 3.05) is 13.2 Å². The monoisotopic (exact) mass is 687 g/mol. The third-order valence-corrected chi connectivity index (χ3v) is 7.84. The van der Waals surface area contributed by atoms with Crippen molar-refractivity contribution in [1.82, 2.24) is 15.3 Å². The molecule has 2 heterocycles. The zero-order chi connectivity index (χ0) is 31.4. The number of carbonyl (C=O) groups is 1. The number of nitrogens with one attached hydrogen (secondary N) is 1. The molecule has 47 heavy (non-hydrogen) atoms. The van der Waals surface area contributed by atoms with Crippen molar-refractivity contribution in [3.05, 3.63) is 113 Å². The first-order chi connectivity index (χ1) is 21.8. The first kappa shape index (κ1) is 35.7. The first-order valence-electron chi connectivity index (χ1n) is 15.0. The maximum Gasteiger partial charge on any atom is 0.416 e. The van der Waals surface area contributed by atoms with Crippen LogP contribution in [-0.2, 0) is 30.4 Å². The van der Waals surface area contributed by atoms with Gasteiger partial charge in [0, 0.05) is 17.3 Å². The molecular formula is C35H34Cl2F3N3O4. The van der Waals surface area contributed by atoms with E-state index in [1.54, 1.807) is 13.0 Å². The number of esters is 1. The highest BCUT2D eigenvalue weighted by Crippen LogP contribution is 2.33. The van der Waals surface area contributed by atoms with Gasteiger partial charge in [-0.3, -0.25) is 0 Å². The number of fused-ring (bicyclic) bond motifs is 2. The van der Waals surface area contributed by atoms with Crippen molar-refractivity contribution in [2.24, 2.45) is 0 Å². The Labute approximate surface area is 282 Å². The van der Waals surface area contributed by atoms with Crippen molar-refractivity contribution >= 4 is 41.9 Å². The summed E-state index contributed by atoms with van der Waals surface area (Å²) in [5.74, 6) is 0.662. The Morgan fingerprint density at radius 1 is 1.00 bits per heavy atom. The molecule has 1 aliphatic rings. The summed E-state index contributed by atoms with van der Waals surface area (Å²) in [6.07, 6.45) is -0.839. The van der Waals surface area contributed by atoms with Gasteiger partial charge in [-0.1, -0.05) is 36.4 Å². The van der Waals surface area contributed by atoms with Crippen LogP contribution in [0.2, 0.25) is 0 Å². The molecule has 0 radical (unpaired) electrons. The van der Waals surface area contributed by atoms with E-state index in [0.29, 0.717) is 30.1 Å². The zero-order valence-corrected chi connectivity index (χ0v) is 27.1. The molecule has 0 bridgehead atoms. The fourth-order valence-corrected chi connectivity index (χ4v) is 5.55. The molecular weight excluding hydrogens is 654 g/mol. The van der Waals surface area contributed by atoms with E-state index in [4.69, 9.17) is 13.9 Å². The van der Waals surface area contributed by atoms with Crippen LogP contribution >= 0.6 is 24.8 Å². The van der Waals surface area contributed by atoms with Crippen LogP contribution in [0.3, 0.4) is 0 Å². The molecule has 2 aromatic heterocycles. The van der Waals surface area contributed by atoms with E-state index in [-0.39, 0.29) is 42.3 Å². The Hall–Kier alpha value is -4.12. The van der Waals surface area contributed by atoms with E-state index in [0.717, 1.165) is 72.5 Å². The topological polar surface area (TPSA) is 86.5 Å². The predicted octanol–water partition coefficient (Wildman–Crippen LogP) is 8.72. The van der Waals surface area contributed by atoms with Crippen molar-refractivity contribution in [3.8, 4) is 17.2 Å². The number of carbonyl (C=O) groups excluding carboxylic acids is 1. The van der Waals surface area contributed by atoms with E-state index in [9.17, 15) is 18.0 Å². The van der Waals surface area contributed by atoms with Gasteiger partial charge in [0.15, 0.2) is 5.58 Å². The Morgan fingerprint density at radius 3 is 2.55 bits per heavy atom. The number of rotatable bonds is 10. The number of aryl methyl sites for hydroxylation is 1. The average molecular weight is 689 g/mol. The highest BCUT2D eigenvalue weighted by atomic mass is 35.5. The molecule has 0 aliphatic heterocycles. The minimum atomic E-state index is -4.44. The quantitative estimate of drug-likeness (QED) is 0.147. The molecule has 0 fully saturated rings. The first-order valence-corrected chi connectivity index (χ1v) is 15.0. The standard InChI is InChI=1S/C35H32F3N3O4.2ClH/c1-2-43-34(42)29-16-15-26-27(7-5-8-28(26)40-29)39-19-18-23-6-3-4-9-31(23)44-21-22-10-12-24(13-11-22)33-41-30-20-25(35(36,37)38)14-17-32(30)45-33;;/h3-4,6,9-17,20,27,39H,2,5,7-8,18-19,21H2,1H3;2*1H. The summed E-state index contributed by atoms with van der Waals surface area (Å²) in [5, 5.41) is 3.66. The minimum absolute atomic E-state index is 0. The molecule has 1 aliphatic carbocycles. The number of nitrogens with zero attached hydrogens (tertiary/aromatic N) is 2. The van der Waals surface area contributed by atoms with Gasteiger partial charge in [0.2, 0.25) is 5.89 Å². The van der Waals surface area contributed by atoms with Gasteiger partial charge in [0.05, 0.1) is 12.2 Å². The van der Waals surface area contributed by atoms with Gasteiger partial charge in [-0.15, -0.1) is 24.8 Å². The zero-order valence-electron chi connectivity index (χ0n) is 25.5. The molecule has 0 saturated heterocycles. The van der Waals surface area contributed by atoms with E-state index >= 15 is 0 Å². The van der Waals surface area contributed by atoms with Gasteiger partial charge in [-0.05, 0) is 98.3 Å². The number of alkyl halides is 3. The fraction of sp³-hybridized carbons (Fsp3) is 0.286. The average Bonchev–Trinajstić information content (AvgIpc) is 3.48. The van der Waals surface area contributed by atoms with Crippen LogP contribution in [0.15, 0.2) is 83.3 Å².